The summed E-state index contributed by atoms with van der Waals surface area (Å²) in [6.07, 6.45) is -3.09. The van der Waals surface area contributed by atoms with Crippen molar-refractivity contribution in [2.45, 2.75) is 44.6 Å². The molecule has 1 aliphatic heterocycles. The van der Waals surface area contributed by atoms with Crippen molar-refractivity contribution >= 4 is 11.0 Å². The van der Waals surface area contributed by atoms with E-state index >= 15 is 0 Å². The van der Waals surface area contributed by atoms with Gasteiger partial charge in [0, 0.05) is 17.4 Å². The Morgan fingerprint density at radius 2 is 2.08 bits per heavy atom. The van der Waals surface area contributed by atoms with E-state index in [2.05, 4.69) is 11.8 Å². The summed E-state index contributed by atoms with van der Waals surface area (Å²) in [5, 5.41) is 9.19. The second-order valence-corrected chi connectivity index (χ2v) is 5.79. The van der Waals surface area contributed by atoms with Crippen LogP contribution in [-0.2, 0) is 10.9 Å². The minimum atomic E-state index is -4.38. The summed E-state index contributed by atoms with van der Waals surface area (Å²) in [5.74, 6) is 6.34. The van der Waals surface area contributed by atoms with Crippen molar-refractivity contribution in [3.05, 3.63) is 35.1 Å². The Hall–Kier alpha value is -1.97. The monoisotopic (exact) mass is 338 g/mol. The van der Waals surface area contributed by atoms with Crippen LogP contribution >= 0.6 is 0 Å². The van der Waals surface area contributed by atoms with Crippen molar-refractivity contribution in [2.75, 3.05) is 6.61 Å². The van der Waals surface area contributed by atoms with E-state index in [1.165, 1.54) is 6.07 Å². The molecule has 1 saturated heterocycles. The highest BCUT2D eigenvalue weighted by Crippen LogP contribution is 2.40. The maximum atomic E-state index is 12.9. The van der Waals surface area contributed by atoms with Gasteiger partial charge in [-0.1, -0.05) is 11.8 Å². The molecule has 128 valence electrons. The number of hydrogen-bond donors (Lipinski definition) is 1. The van der Waals surface area contributed by atoms with Crippen LogP contribution in [0.15, 0.2) is 22.6 Å². The summed E-state index contributed by atoms with van der Waals surface area (Å²) in [6.45, 7) is 1.75. The van der Waals surface area contributed by atoms with Gasteiger partial charge in [-0.05, 0) is 38.0 Å². The van der Waals surface area contributed by atoms with E-state index in [1.807, 2.05) is 0 Å². The molecule has 0 spiro atoms. The van der Waals surface area contributed by atoms with E-state index in [9.17, 15) is 13.2 Å². The molecular weight excluding hydrogens is 321 g/mol. The molecule has 0 radical (unpaired) electrons. The third kappa shape index (κ3) is 3.28. The van der Waals surface area contributed by atoms with Crippen LogP contribution in [-0.4, -0.2) is 17.8 Å². The third-order valence-corrected chi connectivity index (χ3v) is 4.11. The molecule has 2 aromatic rings. The number of hydrogen-bond acceptors (Lipinski definition) is 3. The first kappa shape index (κ1) is 16.9. The van der Waals surface area contributed by atoms with Crippen LogP contribution in [0.2, 0.25) is 0 Å². The molecule has 1 aromatic heterocycles. The van der Waals surface area contributed by atoms with Crippen molar-refractivity contribution in [3.63, 3.8) is 0 Å². The molecule has 24 heavy (non-hydrogen) atoms. The number of ether oxygens (including phenoxy) is 1. The number of benzene rings is 1. The molecule has 0 amide bonds. The molecule has 2 atom stereocenters. The Labute approximate surface area is 137 Å². The molecule has 1 aromatic carbocycles. The van der Waals surface area contributed by atoms with Gasteiger partial charge in [0.15, 0.2) is 0 Å². The molecule has 1 fully saturated rings. The highest BCUT2D eigenvalue weighted by atomic mass is 19.4. The zero-order chi connectivity index (χ0) is 17.3. The summed E-state index contributed by atoms with van der Waals surface area (Å²) in [7, 11) is 0. The van der Waals surface area contributed by atoms with E-state index in [4.69, 9.17) is 14.3 Å². The molecule has 1 aliphatic rings. The normalized spacial score (nSPS) is 21.0. The molecule has 6 heteroatoms. The quantitative estimate of drug-likeness (QED) is 0.827. The van der Waals surface area contributed by atoms with Crippen LogP contribution in [0.5, 0.6) is 0 Å². The summed E-state index contributed by atoms with van der Waals surface area (Å²) in [5.41, 5.74) is 0.407. The minimum Gasteiger partial charge on any atom is -0.458 e. The Kier molecular flexibility index (Phi) is 4.57. The number of aryl methyl sites for hydroxylation is 1. The SMILES string of the molecule is Cc1c([C@@H]2CC[C@H](C#CCCO)O2)oc2ccc(C(F)(F)F)cc12. The standard InChI is InChI=1S/C18H17F3O3/c1-11-14-10-12(18(19,20)21)5-7-15(14)24-17(11)16-8-6-13(23-16)4-2-3-9-22/h5,7,10,13,16,22H,3,6,8-9H2,1H3/t13-,16-/m0/s1. The lowest BCUT2D eigenvalue weighted by atomic mass is 10.1. The van der Waals surface area contributed by atoms with E-state index in [1.54, 1.807) is 6.92 Å². The number of rotatable bonds is 2. The van der Waals surface area contributed by atoms with Crippen molar-refractivity contribution in [1.29, 1.82) is 0 Å². The van der Waals surface area contributed by atoms with Crippen LogP contribution < -0.4 is 0 Å². The van der Waals surface area contributed by atoms with E-state index in [0.29, 0.717) is 35.1 Å². The predicted molar refractivity (Wildman–Crippen MR) is 82.3 cm³/mol. The van der Waals surface area contributed by atoms with Gasteiger partial charge in [-0.15, -0.1) is 0 Å². The number of aliphatic hydroxyl groups excluding tert-OH is 1. The first-order valence-electron chi connectivity index (χ1n) is 7.75. The topological polar surface area (TPSA) is 42.6 Å². The second kappa shape index (κ2) is 6.50. The molecule has 1 N–H and O–H groups in total. The number of furan rings is 1. The molecular formula is C18H17F3O3. The summed E-state index contributed by atoms with van der Waals surface area (Å²) in [6, 6.07) is 3.49. The maximum absolute atomic E-state index is 12.9. The average Bonchev–Trinajstić information content (AvgIpc) is 3.11. The molecule has 3 nitrogen and oxygen atoms in total. The smallest absolute Gasteiger partial charge is 0.416 e. The predicted octanol–water partition coefficient (Wildman–Crippen LogP) is 4.37. The number of halogens is 3. The van der Waals surface area contributed by atoms with Crippen molar-refractivity contribution in [1.82, 2.24) is 0 Å². The van der Waals surface area contributed by atoms with Crippen LogP contribution in [0.25, 0.3) is 11.0 Å². The first-order valence-corrected chi connectivity index (χ1v) is 7.75. The van der Waals surface area contributed by atoms with Gasteiger partial charge in [0.05, 0.1) is 12.2 Å². The lowest BCUT2D eigenvalue weighted by Crippen LogP contribution is -2.04. The van der Waals surface area contributed by atoms with Gasteiger partial charge in [0.2, 0.25) is 0 Å². The van der Waals surface area contributed by atoms with Gasteiger partial charge in [-0.2, -0.15) is 13.2 Å². The Morgan fingerprint density at radius 3 is 2.79 bits per heavy atom. The maximum Gasteiger partial charge on any atom is 0.416 e. The van der Waals surface area contributed by atoms with E-state index < -0.39 is 11.7 Å². The van der Waals surface area contributed by atoms with Gasteiger partial charge in [-0.3, -0.25) is 0 Å². The molecule has 3 rings (SSSR count). The molecule has 0 bridgehead atoms. The zero-order valence-electron chi connectivity index (χ0n) is 13.1. The van der Waals surface area contributed by atoms with Crippen LogP contribution in [0, 0.1) is 18.8 Å². The Morgan fingerprint density at radius 1 is 1.29 bits per heavy atom. The van der Waals surface area contributed by atoms with Gasteiger partial charge in [-0.25, -0.2) is 0 Å². The zero-order valence-corrected chi connectivity index (χ0v) is 13.1. The highest BCUT2D eigenvalue weighted by molar-refractivity contribution is 5.83. The van der Waals surface area contributed by atoms with E-state index in [0.717, 1.165) is 18.6 Å². The fourth-order valence-corrected chi connectivity index (χ4v) is 2.90. The minimum absolute atomic E-state index is 0.00731. The summed E-state index contributed by atoms with van der Waals surface area (Å²) < 4.78 is 50.2. The van der Waals surface area contributed by atoms with Gasteiger partial charge in [0.1, 0.15) is 23.6 Å². The summed E-state index contributed by atoms with van der Waals surface area (Å²) >= 11 is 0. The first-order chi connectivity index (χ1) is 11.4. The van der Waals surface area contributed by atoms with Crippen molar-refractivity contribution in [2.24, 2.45) is 0 Å². The van der Waals surface area contributed by atoms with Gasteiger partial charge < -0.3 is 14.3 Å². The second-order valence-electron chi connectivity index (χ2n) is 5.79. The lowest BCUT2D eigenvalue weighted by Gasteiger charge is -2.08. The highest BCUT2D eigenvalue weighted by Gasteiger charge is 2.33. The number of aliphatic hydroxyl groups is 1. The average molecular weight is 338 g/mol. The molecule has 0 saturated carbocycles. The molecule has 0 aliphatic carbocycles. The van der Waals surface area contributed by atoms with Crippen LogP contribution in [0.4, 0.5) is 13.2 Å². The van der Waals surface area contributed by atoms with E-state index in [-0.39, 0.29) is 18.8 Å². The van der Waals surface area contributed by atoms with Crippen LogP contribution in [0.1, 0.15) is 42.3 Å². The van der Waals surface area contributed by atoms with Crippen molar-refractivity contribution < 1.29 is 27.4 Å². The van der Waals surface area contributed by atoms with Gasteiger partial charge in [0.25, 0.3) is 0 Å². The number of fused-ring (bicyclic) bond motifs is 1. The lowest BCUT2D eigenvalue weighted by molar-refractivity contribution is -0.137. The number of alkyl halides is 3. The van der Waals surface area contributed by atoms with Crippen LogP contribution in [0.3, 0.4) is 0 Å². The Balaban J connectivity index is 1.86. The fourth-order valence-electron chi connectivity index (χ4n) is 2.90. The largest absolute Gasteiger partial charge is 0.458 e. The fraction of sp³-hybridized carbons (Fsp3) is 0.444. The molecule has 2 heterocycles. The van der Waals surface area contributed by atoms with Crippen molar-refractivity contribution in [3.8, 4) is 11.8 Å². The summed E-state index contributed by atoms with van der Waals surface area (Å²) in [4.78, 5) is 0. The Bertz CT molecular complexity index is 795. The van der Waals surface area contributed by atoms with Gasteiger partial charge >= 0.3 is 6.18 Å². The molecule has 0 unspecified atom stereocenters. The third-order valence-electron chi connectivity index (χ3n) is 4.11.